The van der Waals surface area contributed by atoms with Crippen molar-refractivity contribution < 1.29 is 44.0 Å². The van der Waals surface area contributed by atoms with E-state index >= 15 is 0 Å². The lowest BCUT2D eigenvalue weighted by molar-refractivity contribution is -0.140. The minimum atomic E-state index is -0.540. The van der Waals surface area contributed by atoms with Crippen LogP contribution in [0.1, 0.15) is 127 Å². The highest BCUT2D eigenvalue weighted by Crippen LogP contribution is 2.32. The first-order chi connectivity index (χ1) is 32.0. The number of phenolic OH excluding ortho intramolecular Hbond substituents is 3. The number of rotatable bonds is 7. The zero-order valence-corrected chi connectivity index (χ0v) is 38.6. The maximum atomic E-state index is 12.5. The number of hydrogen-bond donors (Lipinski definition) is 9. The molecule has 0 aromatic heterocycles. The number of carbonyl (C=O) groups excluding carboxylic acids is 4. The van der Waals surface area contributed by atoms with Gasteiger partial charge in [0, 0.05) is 115 Å². The van der Waals surface area contributed by atoms with Crippen LogP contribution in [0.15, 0.2) is 36.4 Å². The largest absolute Gasteiger partial charge is 0.507 e. The molecule has 358 valence electrons. The molecular weight excluding hydrogens is 841 g/mol. The van der Waals surface area contributed by atoms with Crippen LogP contribution in [0.4, 0.5) is 0 Å². The number of fused-ring (bicyclic) bond motifs is 9. The normalized spacial score (nSPS) is 24.6. The number of benzene rings is 3. The van der Waals surface area contributed by atoms with E-state index in [1.54, 1.807) is 12.1 Å². The topological polar surface area (TPSA) is 220 Å². The predicted molar refractivity (Wildman–Crippen MR) is 250 cm³/mol. The second-order valence-electron chi connectivity index (χ2n) is 18.8. The van der Waals surface area contributed by atoms with E-state index in [-0.39, 0.29) is 84.7 Å². The Hall–Kier alpha value is -4.90. The molecule has 7 rings (SSSR count). The van der Waals surface area contributed by atoms with Crippen LogP contribution in [0.2, 0.25) is 0 Å². The Morgan fingerprint density at radius 2 is 0.682 bits per heavy atom. The number of hydrogen-bond acceptors (Lipinski definition) is 15. The Labute approximate surface area is 388 Å². The third-order valence-corrected chi connectivity index (χ3v) is 14.3. The number of phenols is 3. The third kappa shape index (κ3) is 13.0. The summed E-state index contributed by atoms with van der Waals surface area (Å²) in [5.41, 5.74) is 6.16. The van der Waals surface area contributed by atoms with Crippen molar-refractivity contribution in [3.05, 3.63) is 86.5 Å². The molecule has 0 spiro atoms. The van der Waals surface area contributed by atoms with Gasteiger partial charge in [-0.25, -0.2) is 0 Å². The number of ketones is 1. The third-order valence-electron chi connectivity index (χ3n) is 14.3. The summed E-state index contributed by atoms with van der Waals surface area (Å²) >= 11 is 0. The number of carbonyl (C=O) groups is 4. The molecule has 15 heteroatoms. The first kappa shape index (κ1) is 49.0. The molecule has 6 bridgehead atoms. The van der Waals surface area contributed by atoms with E-state index in [0.717, 1.165) is 88.2 Å². The molecule has 3 saturated carbocycles. The first-order valence-corrected chi connectivity index (χ1v) is 24.0. The van der Waals surface area contributed by atoms with Gasteiger partial charge in [-0.15, -0.1) is 0 Å². The fourth-order valence-corrected chi connectivity index (χ4v) is 10.6. The summed E-state index contributed by atoms with van der Waals surface area (Å²) in [7, 11) is 2.74. The van der Waals surface area contributed by atoms with E-state index in [1.807, 2.05) is 24.3 Å². The molecule has 6 unspecified atom stereocenters. The number of esters is 2. The molecule has 15 nitrogen and oxygen atoms in total. The Bertz CT molecular complexity index is 2050. The van der Waals surface area contributed by atoms with E-state index in [1.165, 1.54) is 14.2 Å². The van der Waals surface area contributed by atoms with Crippen LogP contribution in [0.25, 0.3) is 0 Å². The van der Waals surface area contributed by atoms with Gasteiger partial charge in [-0.2, -0.15) is 0 Å². The lowest BCUT2D eigenvalue weighted by atomic mass is 9.89. The highest BCUT2D eigenvalue weighted by Gasteiger charge is 2.30. The van der Waals surface area contributed by atoms with Gasteiger partial charge in [-0.05, 0) is 55.2 Å². The molecule has 0 saturated heterocycles. The molecule has 0 amide bonds. The van der Waals surface area contributed by atoms with Gasteiger partial charge in [0.2, 0.25) is 0 Å². The molecule has 3 fully saturated rings. The highest BCUT2D eigenvalue weighted by molar-refractivity contribution is 6.25. The monoisotopic (exact) mass is 911 g/mol. The van der Waals surface area contributed by atoms with Crippen molar-refractivity contribution in [2.45, 2.75) is 172 Å². The van der Waals surface area contributed by atoms with Gasteiger partial charge in [0.25, 0.3) is 0 Å². The number of Topliss-reactive ketones (excluding diaryl/α,β-unsaturated/α-hetero) is 1. The summed E-state index contributed by atoms with van der Waals surface area (Å²) < 4.78 is 10.1. The fourth-order valence-electron chi connectivity index (χ4n) is 10.6. The summed E-state index contributed by atoms with van der Waals surface area (Å²) in [6.07, 6.45) is 12.1. The molecule has 0 radical (unpaired) electrons. The van der Waals surface area contributed by atoms with E-state index in [9.17, 15) is 34.5 Å². The molecule has 1 heterocycles. The van der Waals surface area contributed by atoms with Gasteiger partial charge < -0.3 is 56.7 Å². The van der Waals surface area contributed by atoms with Crippen LogP contribution in [-0.4, -0.2) is 89.8 Å². The minimum absolute atomic E-state index is 0.0464. The van der Waals surface area contributed by atoms with Gasteiger partial charge in [0.15, 0.2) is 12.1 Å². The van der Waals surface area contributed by atoms with Gasteiger partial charge in [-0.1, -0.05) is 74.9 Å². The number of nitrogens with one attached hydrogen (secondary N) is 6. The number of ether oxygens (including phenoxy) is 2. The Morgan fingerprint density at radius 3 is 0.894 bits per heavy atom. The molecule has 6 atom stereocenters. The summed E-state index contributed by atoms with van der Waals surface area (Å²) in [4.78, 5) is 48.9. The molecule has 3 aromatic carbocycles. The zero-order chi connectivity index (χ0) is 46.6. The smallest absolute Gasteiger partial charge is 0.309 e. The van der Waals surface area contributed by atoms with Crippen LogP contribution in [-0.2, 0) is 87.2 Å². The van der Waals surface area contributed by atoms with Crippen molar-refractivity contribution in [3.63, 3.8) is 0 Å². The zero-order valence-electron chi connectivity index (χ0n) is 38.6. The predicted octanol–water partition coefficient (Wildman–Crippen LogP) is 4.43. The summed E-state index contributed by atoms with van der Waals surface area (Å²) in [6.45, 7) is 2.16. The van der Waals surface area contributed by atoms with E-state index < -0.39 is 5.78 Å². The van der Waals surface area contributed by atoms with E-state index in [4.69, 9.17) is 9.47 Å². The Kier molecular flexibility index (Phi) is 17.6. The van der Waals surface area contributed by atoms with Crippen LogP contribution in [0.3, 0.4) is 0 Å². The van der Waals surface area contributed by atoms with Gasteiger partial charge in [0.05, 0.1) is 27.1 Å². The van der Waals surface area contributed by atoms with E-state index in [2.05, 4.69) is 31.9 Å². The van der Waals surface area contributed by atoms with Crippen LogP contribution in [0, 0.1) is 0 Å². The van der Waals surface area contributed by atoms with Crippen molar-refractivity contribution in [1.82, 2.24) is 31.9 Å². The maximum Gasteiger partial charge on any atom is 0.309 e. The minimum Gasteiger partial charge on any atom is -0.507 e. The van der Waals surface area contributed by atoms with Crippen LogP contribution < -0.4 is 31.9 Å². The van der Waals surface area contributed by atoms with Crippen LogP contribution in [0.5, 0.6) is 17.2 Å². The lowest BCUT2D eigenvalue weighted by Gasteiger charge is -2.34. The van der Waals surface area contributed by atoms with Crippen molar-refractivity contribution in [2.75, 3.05) is 14.2 Å². The molecule has 1 aliphatic heterocycles. The quantitative estimate of drug-likeness (QED) is 0.0910. The standard InChI is InChI=1S/C51H70N6O9/c1-65-47(60)22-32-17-36-26-54-43-11-5-3-9-41(43)52-24-34-15-31(21-40(59)30-58)16-35(49(34)62)25-53-42-10-4-6-12-44(42)55-27-37-18-33(23-48(61)66-2)20-39(51(37)64)29-57-46-14-8-7-13-45(46)56-28-38(19-32)50(36)63/h15-20,30,41-46,52-57,62-64H,3-14,21-29H2,1-2H3. The maximum absolute atomic E-state index is 12.5. The fraction of sp³-hybridized carbons (Fsp3) is 0.569. The second-order valence-corrected chi connectivity index (χ2v) is 18.8. The summed E-state index contributed by atoms with van der Waals surface area (Å²) in [6, 6.07) is 11.4. The summed E-state index contributed by atoms with van der Waals surface area (Å²) in [5, 5.41) is 57.7. The highest BCUT2D eigenvalue weighted by atomic mass is 16.5. The molecule has 66 heavy (non-hydrogen) atoms. The molecule has 4 aliphatic rings. The van der Waals surface area contributed by atoms with Crippen LogP contribution >= 0.6 is 0 Å². The molecule has 3 aromatic rings. The van der Waals surface area contributed by atoms with E-state index in [0.29, 0.717) is 84.5 Å². The van der Waals surface area contributed by atoms with Gasteiger partial charge in [-0.3, -0.25) is 19.2 Å². The number of aldehydes is 1. The summed E-state index contributed by atoms with van der Waals surface area (Å²) in [5.74, 6) is -0.804. The second kappa shape index (κ2) is 23.7. The molecule has 9 N–H and O–H groups in total. The molecular formula is C51H70N6O9. The van der Waals surface area contributed by atoms with Crippen molar-refractivity contribution >= 4 is 24.0 Å². The SMILES string of the molecule is COC(=O)Cc1cc2c(O)c(c1)CNC1CCCCC1NCc1cc(CC(=O)OC)cc(c1O)CNC1CCCCC1NCc1cc(CC(=O)C=O)cc(c1O)CNC1CCCCC1NC2. The van der Waals surface area contributed by atoms with Crippen molar-refractivity contribution in [3.8, 4) is 17.2 Å². The number of methoxy groups -OCH3 is 2. The van der Waals surface area contributed by atoms with Crippen molar-refractivity contribution in [1.29, 1.82) is 0 Å². The molecule has 3 aliphatic carbocycles. The Morgan fingerprint density at radius 1 is 0.455 bits per heavy atom. The van der Waals surface area contributed by atoms with Gasteiger partial charge >= 0.3 is 11.9 Å². The Balaban J connectivity index is 1.22. The first-order valence-electron chi connectivity index (χ1n) is 24.0. The van der Waals surface area contributed by atoms with Crippen molar-refractivity contribution in [2.24, 2.45) is 0 Å². The van der Waals surface area contributed by atoms with Gasteiger partial charge in [0.1, 0.15) is 17.2 Å². The number of aromatic hydroxyl groups is 3. The average Bonchev–Trinajstić information content (AvgIpc) is 3.33. The lowest BCUT2D eigenvalue weighted by Crippen LogP contribution is -2.49. The average molecular weight is 911 g/mol.